The quantitative estimate of drug-likeness (QED) is 0.0671. The van der Waals surface area contributed by atoms with Crippen LogP contribution in [0.5, 0.6) is 5.75 Å². The van der Waals surface area contributed by atoms with Crippen molar-refractivity contribution >= 4 is 42.4 Å². The van der Waals surface area contributed by atoms with Crippen LogP contribution < -0.4 is 26.0 Å². The minimum Gasteiger partial charge on any atom is -0.489 e. The van der Waals surface area contributed by atoms with E-state index in [2.05, 4.69) is 26.3 Å². The molecule has 0 saturated carbocycles. The first-order valence-corrected chi connectivity index (χ1v) is 17.4. The number of aromatic nitrogens is 1. The molecule has 0 spiro atoms. The van der Waals surface area contributed by atoms with Gasteiger partial charge in [0.15, 0.2) is 0 Å². The Hall–Kier alpha value is -4.27. The van der Waals surface area contributed by atoms with Gasteiger partial charge in [-0.3, -0.25) is 28.2 Å². The van der Waals surface area contributed by atoms with Crippen LogP contribution in [-0.4, -0.2) is 83.1 Å². The van der Waals surface area contributed by atoms with Crippen LogP contribution in [0.3, 0.4) is 0 Å². The third-order valence-corrected chi connectivity index (χ3v) is 8.20. The first kappa shape index (κ1) is 39.2. The number of benzene rings is 2. The second-order valence-corrected chi connectivity index (χ2v) is 13.3. The Labute approximate surface area is 285 Å². The van der Waals surface area contributed by atoms with Gasteiger partial charge in [0.2, 0.25) is 23.6 Å². The highest BCUT2D eigenvalue weighted by Crippen LogP contribution is 2.42. The molecule has 0 saturated heterocycles. The van der Waals surface area contributed by atoms with Gasteiger partial charge in [0.1, 0.15) is 24.4 Å². The number of carbonyl (C=O) groups is 4. The van der Waals surface area contributed by atoms with Crippen LogP contribution in [0.25, 0.3) is 10.9 Å². The van der Waals surface area contributed by atoms with E-state index in [0.29, 0.717) is 12.4 Å². The van der Waals surface area contributed by atoms with Crippen molar-refractivity contribution in [2.24, 2.45) is 5.92 Å². The summed E-state index contributed by atoms with van der Waals surface area (Å²) in [4.78, 5) is 63.1. The summed E-state index contributed by atoms with van der Waals surface area (Å²) >= 11 is 0. The molecule has 3 aromatic rings. The Bertz CT molecular complexity index is 1600. The average molecular weight is 704 g/mol. The summed E-state index contributed by atoms with van der Waals surface area (Å²) in [5.74, 6) is -1.77. The molecule has 49 heavy (non-hydrogen) atoms. The lowest BCUT2D eigenvalue weighted by Crippen LogP contribution is -2.50. The number of phosphoric acid groups is 1. The van der Waals surface area contributed by atoms with Gasteiger partial charge in [0, 0.05) is 37.1 Å². The minimum atomic E-state index is -4.68. The van der Waals surface area contributed by atoms with Gasteiger partial charge in [-0.15, -0.1) is 0 Å². The zero-order valence-electron chi connectivity index (χ0n) is 28.1. The van der Waals surface area contributed by atoms with E-state index in [0.717, 1.165) is 22.0 Å². The van der Waals surface area contributed by atoms with Gasteiger partial charge >= 0.3 is 7.82 Å². The molecule has 268 valence electrons. The number of hydrogen-bond donors (Lipinski definition) is 7. The molecule has 4 atom stereocenters. The molecular formula is C33H46N5O10P. The van der Waals surface area contributed by atoms with Crippen LogP contribution in [0, 0.1) is 5.92 Å². The van der Waals surface area contributed by atoms with E-state index in [4.69, 9.17) is 13.8 Å². The maximum Gasteiger partial charge on any atom is 0.472 e. The highest BCUT2D eigenvalue weighted by atomic mass is 31.2. The molecule has 15 nitrogen and oxygen atoms in total. The molecule has 7 N–H and O–H groups in total. The van der Waals surface area contributed by atoms with Crippen molar-refractivity contribution in [1.82, 2.24) is 26.3 Å². The highest BCUT2D eigenvalue weighted by molar-refractivity contribution is 7.47. The van der Waals surface area contributed by atoms with E-state index < -0.39 is 56.9 Å². The third kappa shape index (κ3) is 13.6. The van der Waals surface area contributed by atoms with Crippen LogP contribution >= 0.6 is 7.82 Å². The number of rotatable bonds is 20. The van der Waals surface area contributed by atoms with E-state index in [-0.39, 0.29) is 37.8 Å². The van der Waals surface area contributed by atoms with Crippen molar-refractivity contribution in [2.45, 2.75) is 65.3 Å². The molecule has 0 aliphatic carbocycles. The predicted octanol–water partition coefficient (Wildman–Crippen LogP) is 2.07. The molecule has 1 heterocycles. The van der Waals surface area contributed by atoms with Gasteiger partial charge in [-0.1, -0.05) is 44.2 Å². The van der Waals surface area contributed by atoms with Crippen LogP contribution in [0.1, 0.15) is 45.2 Å². The van der Waals surface area contributed by atoms with E-state index in [9.17, 15) is 33.7 Å². The lowest BCUT2D eigenvalue weighted by atomic mass is 10.0. The number of H-pyrrole nitrogens is 1. The van der Waals surface area contributed by atoms with Gasteiger partial charge in [0.05, 0.1) is 25.7 Å². The zero-order chi connectivity index (χ0) is 36.0. The van der Waals surface area contributed by atoms with Gasteiger partial charge in [-0.2, -0.15) is 0 Å². The first-order valence-electron chi connectivity index (χ1n) is 15.9. The van der Waals surface area contributed by atoms with Crippen LogP contribution in [-0.2, 0) is 45.8 Å². The summed E-state index contributed by atoms with van der Waals surface area (Å²) in [5.41, 5.74) is 2.59. The van der Waals surface area contributed by atoms with Crippen molar-refractivity contribution in [2.75, 3.05) is 26.3 Å². The second-order valence-electron chi connectivity index (χ2n) is 11.8. The number of carbonyl (C=O) groups excluding carboxylic acids is 4. The Kier molecular flexibility index (Phi) is 15.2. The first-order chi connectivity index (χ1) is 23.2. The van der Waals surface area contributed by atoms with Gasteiger partial charge in [-0.05, 0) is 48.6 Å². The fraction of sp³-hybridized carbons (Fsp3) is 0.455. The zero-order valence-corrected chi connectivity index (χ0v) is 29.0. The number of amides is 4. The van der Waals surface area contributed by atoms with Crippen molar-refractivity contribution < 1.29 is 47.5 Å². The minimum absolute atomic E-state index is 0.00480. The third-order valence-electron chi connectivity index (χ3n) is 7.22. The lowest BCUT2D eigenvalue weighted by Gasteiger charge is -2.22. The number of fused-ring (bicyclic) bond motifs is 1. The largest absolute Gasteiger partial charge is 0.489 e. The number of aliphatic hydroxyl groups is 1. The van der Waals surface area contributed by atoms with Crippen LogP contribution in [0.15, 0.2) is 54.7 Å². The molecule has 3 rings (SSSR count). The van der Waals surface area contributed by atoms with Gasteiger partial charge in [0.25, 0.3) is 0 Å². The van der Waals surface area contributed by atoms with E-state index >= 15 is 0 Å². The SMILES string of the molecule is CC(=O)N[C@@H](COP(=O)(O)OCCNC(=O)[C@@H](NC(=O)Cc1c[nH]c2ccc(OCc3ccccc3)cc12)C(C)C)C(=O)NCCC(C)O. The fourth-order valence-corrected chi connectivity index (χ4v) is 5.41. The van der Waals surface area contributed by atoms with Gasteiger partial charge < -0.3 is 41.0 Å². The predicted molar refractivity (Wildman–Crippen MR) is 181 cm³/mol. The summed E-state index contributed by atoms with van der Waals surface area (Å²) in [6.45, 7) is 5.50. The molecular weight excluding hydrogens is 657 g/mol. The highest BCUT2D eigenvalue weighted by Gasteiger charge is 2.28. The maximum absolute atomic E-state index is 13.0. The summed E-state index contributed by atoms with van der Waals surface area (Å²) in [5, 5.41) is 20.3. The summed E-state index contributed by atoms with van der Waals surface area (Å²) in [7, 11) is -4.68. The molecule has 1 aromatic heterocycles. The average Bonchev–Trinajstić information content (AvgIpc) is 3.44. The summed E-state index contributed by atoms with van der Waals surface area (Å²) < 4.78 is 28.1. The Morgan fingerprint density at radius 1 is 0.939 bits per heavy atom. The normalized spacial score (nSPS) is 14.3. The summed E-state index contributed by atoms with van der Waals surface area (Å²) in [6, 6.07) is 13.2. The lowest BCUT2D eigenvalue weighted by molar-refractivity contribution is -0.129. The maximum atomic E-state index is 13.0. The van der Waals surface area contributed by atoms with E-state index in [1.165, 1.54) is 6.92 Å². The fourth-order valence-electron chi connectivity index (χ4n) is 4.67. The van der Waals surface area contributed by atoms with E-state index in [1.54, 1.807) is 27.0 Å². The molecule has 4 amide bonds. The van der Waals surface area contributed by atoms with Crippen LogP contribution in [0.2, 0.25) is 0 Å². The van der Waals surface area contributed by atoms with Crippen molar-refractivity contribution in [3.8, 4) is 5.75 Å². The molecule has 0 radical (unpaired) electrons. The Morgan fingerprint density at radius 2 is 1.65 bits per heavy atom. The molecule has 0 aliphatic rings. The Morgan fingerprint density at radius 3 is 2.33 bits per heavy atom. The topological polar surface area (TPSA) is 217 Å². The summed E-state index contributed by atoms with van der Waals surface area (Å²) in [6.07, 6.45) is 1.36. The number of phosphoric ester groups is 1. The smallest absolute Gasteiger partial charge is 0.472 e. The van der Waals surface area contributed by atoms with Crippen molar-refractivity contribution in [3.63, 3.8) is 0 Å². The number of hydrogen-bond acceptors (Lipinski definition) is 9. The molecule has 2 aromatic carbocycles. The Balaban J connectivity index is 1.47. The molecule has 0 bridgehead atoms. The second kappa shape index (κ2) is 19.1. The van der Waals surface area contributed by atoms with Crippen molar-refractivity contribution in [3.05, 3.63) is 65.9 Å². The van der Waals surface area contributed by atoms with Crippen molar-refractivity contribution in [1.29, 1.82) is 0 Å². The molecule has 0 fully saturated rings. The molecule has 16 heteroatoms. The monoisotopic (exact) mass is 703 g/mol. The molecule has 0 aliphatic heterocycles. The number of aliphatic hydroxyl groups excluding tert-OH is 1. The van der Waals surface area contributed by atoms with Crippen LogP contribution in [0.4, 0.5) is 0 Å². The standard InChI is InChI=1S/C33H46N5O10P/c1-21(2)31(33(43)35-14-15-47-49(44,45)48-20-29(37-23(4)40)32(42)34-13-12-22(3)39)38-30(41)16-25-18-36-28-11-10-26(17-27(25)28)46-19-24-8-6-5-7-9-24/h5-11,17-18,21-22,29,31,36,39H,12-16,19-20H2,1-4H3,(H,34,42)(H,35,43)(H,37,40)(H,38,41)(H,44,45)/t22?,29-,31-/m0/s1. The van der Waals surface area contributed by atoms with Gasteiger partial charge in [-0.25, -0.2) is 4.57 Å². The number of nitrogens with one attached hydrogen (secondary N) is 5. The number of ether oxygens (including phenoxy) is 1. The number of aromatic amines is 1. The van der Waals surface area contributed by atoms with E-state index in [1.807, 2.05) is 48.5 Å². The molecule has 2 unspecified atom stereocenters.